The standard InChI is InChI=1S/C29H35F4N3O9S/c1-5-36(6-2)46(42,43)27-23(32)21(30)26(22(31)24(27)33)44-15-19(37)18(12-13-20(38)39)34-28(40)25(16(3)4)35-29(41)45-14-17-10-8-7-9-11-17/h7-11,16,18,25H,5-6,12-15H2,1-4H3,(H,34,40)(H,35,41)(H,38,39)/t18-,25-/m0/s1. The third-order valence-electron chi connectivity index (χ3n) is 6.63. The largest absolute Gasteiger partial charge is 0.481 e. The zero-order valence-corrected chi connectivity index (χ0v) is 26.3. The Hall–Kier alpha value is -4.25. The van der Waals surface area contributed by atoms with Crippen LogP contribution in [0.3, 0.4) is 0 Å². The van der Waals surface area contributed by atoms with Gasteiger partial charge in [-0.05, 0) is 17.9 Å². The van der Waals surface area contributed by atoms with Gasteiger partial charge in [-0.2, -0.15) is 13.1 Å². The number of amides is 2. The number of nitrogens with zero attached hydrogens (tertiary/aromatic N) is 1. The highest BCUT2D eigenvalue weighted by Crippen LogP contribution is 2.34. The van der Waals surface area contributed by atoms with Gasteiger partial charge in [0.25, 0.3) is 0 Å². The number of ether oxygens (including phenoxy) is 2. The monoisotopic (exact) mass is 677 g/mol. The average Bonchev–Trinajstić information content (AvgIpc) is 3.00. The number of hydrogen-bond acceptors (Lipinski definition) is 8. The summed E-state index contributed by atoms with van der Waals surface area (Å²) in [6.07, 6.45) is -2.18. The van der Waals surface area contributed by atoms with Crippen LogP contribution in [0.2, 0.25) is 0 Å². The number of carboxylic acid groups (broad SMARTS) is 1. The molecule has 0 aliphatic heterocycles. The van der Waals surface area contributed by atoms with Gasteiger partial charge < -0.3 is 25.2 Å². The summed E-state index contributed by atoms with van der Waals surface area (Å²) < 4.78 is 94.8. The van der Waals surface area contributed by atoms with Crippen LogP contribution in [0.4, 0.5) is 22.4 Å². The molecule has 12 nitrogen and oxygen atoms in total. The van der Waals surface area contributed by atoms with E-state index in [0.29, 0.717) is 9.87 Å². The molecule has 2 rings (SSSR count). The Morgan fingerprint density at radius 3 is 1.98 bits per heavy atom. The number of halogens is 4. The minimum atomic E-state index is -5.00. The maximum absolute atomic E-state index is 14.8. The van der Waals surface area contributed by atoms with Gasteiger partial charge in [-0.15, -0.1) is 0 Å². The molecule has 0 bridgehead atoms. The number of carbonyl (C=O) groups is 4. The Labute approximate surface area is 263 Å². The van der Waals surface area contributed by atoms with Gasteiger partial charge in [0.15, 0.2) is 28.1 Å². The van der Waals surface area contributed by atoms with Crippen molar-refractivity contribution in [2.45, 2.75) is 64.1 Å². The number of sulfonamides is 1. The summed E-state index contributed by atoms with van der Waals surface area (Å²) in [5.41, 5.74) is 0.662. The fourth-order valence-corrected chi connectivity index (χ4v) is 5.72. The van der Waals surface area contributed by atoms with E-state index >= 15 is 0 Å². The maximum Gasteiger partial charge on any atom is 0.408 e. The van der Waals surface area contributed by atoms with Crippen LogP contribution in [-0.2, 0) is 35.8 Å². The first-order valence-electron chi connectivity index (χ1n) is 14.1. The predicted octanol–water partition coefficient (Wildman–Crippen LogP) is 3.52. The lowest BCUT2D eigenvalue weighted by atomic mass is 10.0. The molecule has 46 heavy (non-hydrogen) atoms. The van der Waals surface area contributed by atoms with Gasteiger partial charge in [0.1, 0.15) is 19.3 Å². The van der Waals surface area contributed by atoms with Crippen molar-refractivity contribution in [2.24, 2.45) is 5.92 Å². The number of nitrogens with one attached hydrogen (secondary N) is 2. The third kappa shape index (κ3) is 9.62. The van der Waals surface area contributed by atoms with Crippen molar-refractivity contribution in [1.82, 2.24) is 14.9 Å². The molecule has 254 valence electrons. The number of ketones is 1. The Kier molecular flexibility index (Phi) is 13.9. The summed E-state index contributed by atoms with van der Waals surface area (Å²) in [6.45, 7) is 3.81. The third-order valence-corrected chi connectivity index (χ3v) is 8.70. The van der Waals surface area contributed by atoms with E-state index < -0.39 is 105 Å². The number of alkyl carbamates (subject to hydrolysis) is 1. The molecule has 0 saturated heterocycles. The zero-order chi connectivity index (χ0) is 34.8. The van der Waals surface area contributed by atoms with Gasteiger partial charge in [0, 0.05) is 19.5 Å². The highest BCUT2D eigenvalue weighted by molar-refractivity contribution is 7.89. The maximum atomic E-state index is 14.8. The van der Waals surface area contributed by atoms with E-state index in [1.807, 2.05) is 0 Å². The Morgan fingerprint density at radius 2 is 1.48 bits per heavy atom. The first kappa shape index (κ1) is 37.9. The molecule has 2 aromatic rings. The van der Waals surface area contributed by atoms with Crippen LogP contribution in [0.25, 0.3) is 0 Å². The Morgan fingerprint density at radius 1 is 0.913 bits per heavy atom. The van der Waals surface area contributed by atoms with E-state index in [2.05, 4.69) is 10.6 Å². The predicted molar refractivity (Wildman–Crippen MR) is 154 cm³/mol. The molecule has 0 aromatic heterocycles. The first-order valence-corrected chi connectivity index (χ1v) is 15.5. The van der Waals surface area contributed by atoms with Crippen molar-refractivity contribution >= 4 is 33.8 Å². The van der Waals surface area contributed by atoms with Crippen molar-refractivity contribution in [3.8, 4) is 5.75 Å². The van der Waals surface area contributed by atoms with Gasteiger partial charge in [0.2, 0.25) is 27.6 Å². The van der Waals surface area contributed by atoms with Gasteiger partial charge in [-0.3, -0.25) is 14.4 Å². The summed E-state index contributed by atoms with van der Waals surface area (Å²) in [5, 5.41) is 13.7. The number of rotatable bonds is 17. The van der Waals surface area contributed by atoms with Crippen LogP contribution in [0.5, 0.6) is 5.75 Å². The van der Waals surface area contributed by atoms with Crippen molar-refractivity contribution in [1.29, 1.82) is 0 Å². The molecule has 0 radical (unpaired) electrons. The number of carbonyl (C=O) groups excluding carboxylic acids is 3. The molecular formula is C29H35F4N3O9S. The molecular weight excluding hydrogens is 642 g/mol. The van der Waals surface area contributed by atoms with Crippen LogP contribution < -0.4 is 15.4 Å². The van der Waals surface area contributed by atoms with E-state index in [1.165, 1.54) is 13.8 Å². The SMILES string of the molecule is CCN(CC)S(=O)(=O)c1c(F)c(F)c(OCC(=O)[C@H](CCC(=O)O)NC(=O)[C@@H](NC(=O)OCc2ccccc2)C(C)C)c(F)c1F. The number of aliphatic carboxylic acids is 1. The minimum absolute atomic E-state index is 0.118. The van der Waals surface area contributed by atoms with Crippen LogP contribution in [0.1, 0.15) is 46.1 Å². The quantitative estimate of drug-likeness (QED) is 0.168. The second-order valence-electron chi connectivity index (χ2n) is 10.2. The lowest BCUT2D eigenvalue weighted by Crippen LogP contribution is -2.54. The molecule has 2 atom stereocenters. The summed E-state index contributed by atoms with van der Waals surface area (Å²) in [5.74, 6) is -14.8. The van der Waals surface area contributed by atoms with E-state index in [1.54, 1.807) is 44.2 Å². The van der Waals surface area contributed by atoms with Gasteiger partial charge in [-0.25, -0.2) is 22.0 Å². The first-order chi connectivity index (χ1) is 21.6. The molecule has 2 aromatic carbocycles. The highest BCUT2D eigenvalue weighted by Gasteiger charge is 2.37. The van der Waals surface area contributed by atoms with Crippen LogP contribution in [0.15, 0.2) is 35.2 Å². The van der Waals surface area contributed by atoms with Crippen molar-refractivity contribution in [2.75, 3.05) is 19.7 Å². The highest BCUT2D eigenvalue weighted by atomic mass is 32.2. The molecule has 0 aliphatic carbocycles. The molecule has 0 unspecified atom stereocenters. The number of carboxylic acids is 1. The van der Waals surface area contributed by atoms with Crippen LogP contribution in [-0.4, -0.2) is 73.4 Å². The fourth-order valence-electron chi connectivity index (χ4n) is 4.15. The van der Waals surface area contributed by atoms with Crippen molar-refractivity contribution < 1.29 is 59.7 Å². The van der Waals surface area contributed by atoms with Crippen molar-refractivity contribution in [3.05, 3.63) is 59.2 Å². The van der Waals surface area contributed by atoms with Gasteiger partial charge in [0.05, 0.1) is 6.04 Å². The second kappa shape index (κ2) is 16.9. The molecule has 0 heterocycles. The summed E-state index contributed by atoms with van der Waals surface area (Å²) in [6, 6.07) is 5.66. The smallest absolute Gasteiger partial charge is 0.408 e. The number of benzene rings is 2. The molecule has 0 aliphatic rings. The summed E-state index contributed by atoms with van der Waals surface area (Å²) in [7, 11) is -5.00. The topological polar surface area (TPSA) is 168 Å². The van der Waals surface area contributed by atoms with E-state index in [9.17, 15) is 45.2 Å². The van der Waals surface area contributed by atoms with E-state index in [0.717, 1.165) is 0 Å². The molecule has 0 saturated carbocycles. The fraction of sp³-hybridized carbons (Fsp3) is 0.448. The number of Topliss-reactive ketones (excluding diaryl/α,β-unsaturated/α-hetero) is 1. The molecule has 2 amide bonds. The molecule has 0 spiro atoms. The van der Waals surface area contributed by atoms with Gasteiger partial charge >= 0.3 is 12.1 Å². The lowest BCUT2D eigenvalue weighted by molar-refractivity contribution is -0.138. The summed E-state index contributed by atoms with van der Waals surface area (Å²) in [4.78, 5) is 47.6. The Balaban J connectivity index is 2.24. The van der Waals surface area contributed by atoms with Crippen molar-refractivity contribution in [3.63, 3.8) is 0 Å². The zero-order valence-electron chi connectivity index (χ0n) is 25.4. The molecule has 3 N–H and O–H groups in total. The van der Waals surface area contributed by atoms with Gasteiger partial charge in [-0.1, -0.05) is 58.0 Å². The molecule has 0 fully saturated rings. The minimum Gasteiger partial charge on any atom is -0.481 e. The average molecular weight is 678 g/mol. The molecule has 17 heteroatoms. The van der Waals surface area contributed by atoms with E-state index in [4.69, 9.17) is 14.6 Å². The second-order valence-corrected chi connectivity index (χ2v) is 12.1. The van der Waals surface area contributed by atoms with Crippen LogP contribution in [0, 0.1) is 29.2 Å². The van der Waals surface area contributed by atoms with Crippen LogP contribution >= 0.6 is 0 Å². The lowest BCUT2D eigenvalue weighted by Gasteiger charge is -2.25. The number of hydrogen-bond donors (Lipinski definition) is 3. The summed E-state index contributed by atoms with van der Waals surface area (Å²) >= 11 is 0. The Bertz CT molecular complexity index is 1490. The van der Waals surface area contributed by atoms with E-state index in [-0.39, 0.29) is 19.7 Å². The normalized spacial score (nSPS) is 12.8.